The number of aromatic nitrogens is 2. The minimum atomic E-state index is -5.08. The van der Waals surface area contributed by atoms with Gasteiger partial charge >= 0.3 is 24.3 Å². The van der Waals surface area contributed by atoms with Crippen molar-refractivity contribution in [3.05, 3.63) is 174 Å². The Morgan fingerprint density at radius 2 is 0.912 bits per heavy atom. The number of aryl methyl sites for hydroxylation is 1. The van der Waals surface area contributed by atoms with Gasteiger partial charge in [0.1, 0.15) is 29.5 Å². The van der Waals surface area contributed by atoms with Crippen LogP contribution >= 0.6 is 0 Å². The number of sulfonamides is 2. The molecular formula is C71H82F6N10O13S2. The molecule has 2 aliphatic rings. The van der Waals surface area contributed by atoms with Crippen molar-refractivity contribution in [2.24, 2.45) is 0 Å². The number of carbonyl (C=O) groups is 4. The van der Waals surface area contributed by atoms with E-state index in [1.54, 1.807) is 81.7 Å². The predicted octanol–water partition coefficient (Wildman–Crippen LogP) is 12.5. The van der Waals surface area contributed by atoms with E-state index in [0.29, 0.717) is 78.3 Å². The van der Waals surface area contributed by atoms with Crippen LogP contribution in [0.1, 0.15) is 113 Å². The van der Waals surface area contributed by atoms with Crippen LogP contribution in [-0.4, -0.2) is 127 Å². The van der Waals surface area contributed by atoms with Gasteiger partial charge in [0.05, 0.1) is 28.6 Å². The lowest BCUT2D eigenvalue weighted by Gasteiger charge is -2.27. The fraction of sp³-hybridized carbons (Fsp3) is 0.352. The summed E-state index contributed by atoms with van der Waals surface area (Å²) >= 11 is 0. The zero-order chi connectivity index (χ0) is 74.7. The number of benzene rings is 6. The molecule has 2 aliphatic heterocycles. The summed E-state index contributed by atoms with van der Waals surface area (Å²) in [7, 11) is -7.36. The van der Waals surface area contributed by atoms with E-state index in [-0.39, 0.29) is 46.9 Å². The Balaban J connectivity index is 0.000000241. The molecule has 6 aromatic carbocycles. The van der Waals surface area contributed by atoms with Gasteiger partial charge in [0.15, 0.2) is 11.5 Å². The number of nitrogens with two attached hydrogens (primary N) is 2. The number of nitrogen functional groups attached to an aromatic ring is 2. The summed E-state index contributed by atoms with van der Waals surface area (Å²) in [5, 5.41) is 30.4. The zero-order valence-corrected chi connectivity index (χ0v) is 58.4. The number of nitrogens with zero attached hydrogens (tertiary/aromatic N) is 4. The number of hydrogen-bond acceptors (Lipinski definition) is 17. The van der Waals surface area contributed by atoms with Crippen LogP contribution in [0, 0.1) is 6.92 Å². The van der Waals surface area contributed by atoms with Gasteiger partial charge in [-0.15, -0.1) is 0 Å². The number of rotatable bonds is 22. The van der Waals surface area contributed by atoms with Crippen molar-refractivity contribution in [1.82, 2.24) is 29.2 Å². The molecule has 0 aliphatic carbocycles. The second-order valence-electron chi connectivity index (χ2n) is 24.1. The van der Waals surface area contributed by atoms with Crippen molar-refractivity contribution >= 4 is 88.4 Å². The van der Waals surface area contributed by atoms with Gasteiger partial charge in [-0.1, -0.05) is 61.4 Å². The number of amides is 2. The number of ether oxygens (including phenoxy) is 3. The molecule has 0 radical (unpaired) electrons. The number of anilines is 4. The van der Waals surface area contributed by atoms with Crippen LogP contribution in [0.2, 0.25) is 0 Å². The first kappa shape index (κ1) is 79.3. The Morgan fingerprint density at radius 3 is 1.29 bits per heavy atom. The van der Waals surface area contributed by atoms with Crippen molar-refractivity contribution < 1.29 is 86.8 Å². The summed E-state index contributed by atoms with van der Waals surface area (Å²) in [5.74, 6) is -3.42. The van der Waals surface area contributed by atoms with E-state index < -0.39 is 56.4 Å². The van der Waals surface area contributed by atoms with Crippen molar-refractivity contribution in [2.45, 2.75) is 140 Å². The molecule has 23 nitrogen and oxygen atoms in total. The minimum absolute atomic E-state index is 0.0163. The van der Waals surface area contributed by atoms with Crippen LogP contribution in [0.25, 0.3) is 21.5 Å². The zero-order valence-electron chi connectivity index (χ0n) is 56.8. The van der Waals surface area contributed by atoms with E-state index in [9.17, 15) is 52.8 Å². The Hall–Kier alpha value is -9.98. The number of fused-ring (bicyclic) bond motifs is 2. The lowest BCUT2D eigenvalue weighted by atomic mass is 10.0. The second kappa shape index (κ2) is 35.6. The van der Waals surface area contributed by atoms with Crippen LogP contribution in [-0.2, 0) is 52.3 Å². The van der Waals surface area contributed by atoms with E-state index in [1.807, 2.05) is 114 Å². The van der Waals surface area contributed by atoms with Crippen LogP contribution in [0.4, 0.5) is 49.4 Å². The molecule has 10 N–H and O–H groups in total. The monoisotopic (exact) mass is 1460 g/mol. The first-order chi connectivity index (χ1) is 48.2. The number of halogens is 6. The molecule has 2 aromatic heterocycles. The van der Waals surface area contributed by atoms with Gasteiger partial charge in [-0.2, -0.15) is 35.0 Å². The summed E-state index contributed by atoms with van der Waals surface area (Å²) < 4.78 is 138. The van der Waals surface area contributed by atoms with Gasteiger partial charge in [0.25, 0.3) is 0 Å². The molecule has 102 heavy (non-hydrogen) atoms. The van der Waals surface area contributed by atoms with Gasteiger partial charge < -0.3 is 57.2 Å². The third kappa shape index (κ3) is 21.8. The number of piperidine rings is 2. The molecule has 0 spiro atoms. The molecule has 2 amide bonds. The Kier molecular flexibility index (Phi) is 27.7. The smallest absolute Gasteiger partial charge is 0.490 e. The first-order valence-corrected chi connectivity index (χ1v) is 35.4. The molecule has 548 valence electrons. The van der Waals surface area contributed by atoms with E-state index >= 15 is 0 Å². The Morgan fingerprint density at radius 1 is 0.529 bits per heavy atom. The maximum atomic E-state index is 14.0. The molecule has 4 heterocycles. The normalized spacial score (nSPS) is 14.3. The average Bonchev–Trinajstić information content (AvgIpc) is 0.762. The maximum Gasteiger partial charge on any atom is 0.490 e. The van der Waals surface area contributed by atoms with E-state index in [2.05, 4.69) is 31.2 Å². The number of pyridine rings is 2. The fourth-order valence-electron chi connectivity index (χ4n) is 10.9. The molecule has 2 fully saturated rings. The van der Waals surface area contributed by atoms with Crippen LogP contribution in [0.3, 0.4) is 0 Å². The standard InChI is InChI=1S/C34H41N5O5S.C33H39N5O4S.2C2HF3O2/c1-4-43-30-21-25(12-15-29(30)44-23(2)3)32(38-27-13-14-28-24(20-27)16-17-36-33(28)35)34(40)37-22-26-10-6-7-11-31(26)45(41,42)39-18-8-5-9-19-39;1-22(2)42-29-14-11-25(19-23(29)3)31(37-27-12-13-28-24(20-27)15-16-35-32(28)34)33(39)36-21-26-9-5-6-10-30(26)43(40,41)38-17-7-4-8-18-38;2*3-2(4,5)1(6)7/h6-7,10-17,20-21,23,32,38H,4-5,8-9,18-19,22H2,1-3H3,(H2,35,36)(H,37,40);5-6,9-16,19-20,22,31,37H,4,7-8,17-18,21H2,1-3H3,(H2,34,35)(H,36,39);2*(H,6,7)/t32-;31-;;/m01../s1. The van der Waals surface area contributed by atoms with Gasteiger partial charge in [-0.25, -0.2) is 36.4 Å². The van der Waals surface area contributed by atoms with Crippen molar-refractivity contribution in [1.29, 1.82) is 0 Å². The van der Waals surface area contributed by atoms with Crippen LogP contribution < -0.4 is 46.9 Å². The predicted molar refractivity (Wildman–Crippen MR) is 375 cm³/mol. The molecule has 0 bridgehead atoms. The van der Waals surface area contributed by atoms with E-state index in [1.165, 1.54) is 0 Å². The highest BCUT2D eigenvalue weighted by molar-refractivity contribution is 7.89. The number of carboxylic acids is 2. The third-order valence-electron chi connectivity index (χ3n) is 15.8. The highest BCUT2D eigenvalue weighted by atomic mass is 32.2. The maximum absolute atomic E-state index is 14.0. The Labute approximate surface area is 587 Å². The number of aliphatic carboxylic acids is 2. The quantitative estimate of drug-likeness (QED) is 0.0292. The summed E-state index contributed by atoms with van der Waals surface area (Å²) in [6, 6.07) is 38.2. The summed E-state index contributed by atoms with van der Waals surface area (Å²) in [5.41, 5.74) is 16.9. The largest absolute Gasteiger partial charge is 0.491 e. The molecule has 2 saturated heterocycles. The average molecular weight is 1460 g/mol. The third-order valence-corrected chi connectivity index (χ3v) is 19.8. The van der Waals surface area contributed by atoms with Crippen molar-refractivity contribution in [3.63, 3.8) is 0 Å². The molecular weight excluding hydrogens is 1380 g/mol. The Bertz CT molecular complexity index is 4440. The van der Waals surface area contributed by atoms with Crippen LogP contribution in [0.5, 0.6) is 17.2 Å². The lowest BCUT2D eigenvalue weighted by molar-refractivity contribution is -0.193. The molecule has 31 heteroatoms. The fourth-order valence-corrected chi connectivity index (χ4v) is 14.4. The summed E-state index contributed by atoms with van der Waals surface area (Å²) in [6.45, 7) is 14.2. The van der Waals surface area contributed by atoms with Crippen molar-refractivity contribution in [3.8, 4) is 17.2 Å². The highest BCUT2D eigenvalue weighted by Gasteiger charge is 2.39. The lowest BCUT2D eigenvalue weighted by Crippen LogP contribution is -2.37. The van der Waals surface area contributed by atoms with Gasteiger partial charge in [0, 0.05) is 73.8 Å². The highest BCUT2D eigenvalue weighted by Crippen LogP contribution is 2.36. The van der Waals surface area contributed by atoms with E-state index in [4.69, 9.17) is 45.5 Å². The number of alkyl halides is 6. The summed E-state index contributed by atoms with van der Waals surface area (Å²) in [4.78, 5) is 54.4. The number of nitrogens with one attached hydrogen (secondary N) is 4. The number of carboxylic acid groups (broad SMARTS) is 2. The SMILES string of the molecule is CCOc1cc([C@H](Nc2ccc3c(N)nccc3c2)C(=O)NCc2ccccc2S(=O)(=O)N2CCCCC2)ccc1OC(C)C.Cc1cc([C@@H](Nc2ccc3c(N)nccc3c2)C(=O)NCc2ccccc2S(=O)(=O)N2CCCCC2)ccc1OC(C)C.O=C(O)C(F)(F)F.O=C(O)C(F)(F)F. The van der Waals surface area contributed by atoms with Gasteiger partial charge in [-0.3, -0.25) is 9.59 Å². The minimum Gasteiger partial charge on any atom is -0.491 e. The second-order valence-corrected chi connectivity index (χ2v) is 27.9. The molecule has 0 saturated carbocycles. The summed E-state index contributed by atoms with van der Waals surface area (Å²) in [6.07, 6.45) is -1.48. The van der Waals surface area contributed by atoms with Gasteiger partial charge in [-0.05, 0) is 191 Å². The molecule has 8 aromatic rings. The van der Waals surface area contributed by atoms with Crippen LogP contribution in [0.15, 0.2) is 156 Å². The molecule has 2 atom stereocenters. The molecule has 10 rings (SSSR count). The first-order valence-electron chi connectivity index (χ1n) is 32.5. The number of carbonyl (C=O) groups excluding carboxylic acids is 2. The van der Waals surface area contributed by atoms with Gasteiger partial charge in [0.2, 0.25) is 31.9 Å². The van der Waals surface area contributed by atoms with E-state index in [0.717, 1.165) is 82.6 Å². The number of hydrogen-bond donors (Lipinski definition) is 8. The van der Waals surface area contributed by atoms with Crippen molar-refractivity contribution in [2.75, 3.05) is 54.9 Å². The topological polar surface area (TPSA) is 337 Å². The molecule has 0 unspecified atom stereocenters.